The van der Waals surface area contributed by atoms with Gasteiger partial charge >= 0.3 is 0 Å². The van der Waals surface area contributed by atoms with Crippen molar-refractivity contribution in [3.8, 4) is 11.5 Å². The molecule has 0 aromatic heterocycles. The fraction of sp³-hybridized carbons (Fsp3) is 0.538. The predicted octanol–water partition coefficient (Wildman–Crippen LogP) is 2.12. The summed E-state index contributed by atoms with van der Waals surface area (Å²) in [5, 5.41) is 6.50. The Morgan fingerprint density at radius 2 is 1.82 bits per heavy atom. The Labute approximate surface area is 103 Å². The first-order chi connectivity index (χ1) is 8.31. The van der Waals surface area contributed by atoms with Crippen LogP contribution in [-0.2, 0) is 0 Å². The number of benzene rings is 1. The molecule has 0 radical (unpaired) electrons. The average molecular weight is 238 g/mol. The van der Waals surface area contributed by atoms with E-state index in [-0.39, 0.29) is 0 Å². The summed E-state index contributed by atoms with van der Waals surface area (Å²) >= 11 is 0. The van der Waals surface area contributed by atoms with Gasteiger partial charge in [0.15, 0.2) is 0 Å². The van der Waals surface area contributed by atoms with Crippen LogP contribution in [0.25, 0.3) is 0 Å². The molecule has 0 fully saturated rings. The van der Waals surface area contributed by atoms with Gasteiger partial charge in [-0.25, -0.2) is 0 Å². The van der Waals surface area contributed by atoms with Gasteiger partial charge in [0, 0.05) is 12.6 Å². The van der Waals surface area contributed by atoms with E-state index in [4.69, 9.17) is 9.47 Å². The van der Waals surface area contributed by atoms with Crippen molar-refractivity contribution < 1.29 is 9.47 Å². The van der Waals surface area contributed by atoms with Crippen LogP contribution in [0.15, 0.2) is 18.2 Å². The number of rotatable bonds is 8. The van der Waals surface area contributed by atoms with Gasteiger partial charge < -0.3 is 20.1 Å². The fourth-order valence-corrected chi connectivity index (χ4v) is 1.59. The second-order valence-electron chi connectivity index (χ2n) is 3.80. The second kappa shape index (κ2) is 7.79. The van der Waals surface area contributed by atoms with Crippen molar-refractivity contribution >= 4 is 5.69 Å². The molecule has 2 N–H and O–H groups in total. The lowest BCUT2D eigenvalue weighted by atomic mass is 10.2. The van der Waals surface area contributed by atoms with Gasteiger partial charge in [0.25, 0.3) is 0 Å². The molecule has 1 aromatic rings. The maximum absolute atomic E-state index is 5.31. The van der Waals surface area contributed by atoms with Gasteiger partial charge in [0.2, 0.25) is 0 Å². The number of ether oxygens (including phenoxy) is 2. The minimum atomic E-state index is 0.808. The Bertz CT molecular complexity index is 329. The first-order valence-electron chi connectivity index (χ1n) is 5.92. The second-order valence-corrected chi connectivity index (χ2v) is 3.80. The summed E-state index contributed by atoms with van der Waals surface area (Å²) in [6.45, 7) is 2.01. The van der Waals surface area contributed by atoms with E-state index >= 15 is 0 Å². The number of unbranched alkanes of at least 4 members (excludes halogenated alkanes) is 1. The highest BCUT2D eigenvalue weighted by Gasteiger charge is 2.03. The van der Waals surface area contributed by atoms with Crippen LogP contribution in [0, 0.1) is 0 Å². The van der Waals surface area contributed by atoms with E-state index in [0.29, 0.717) is 0 Å². The molecule has 17 heavy (non-hydrogen) atoms. The van der Waals surface area contributed by atoms with Crippen LogP contribution < -0.4 is 20.1 Å². The predicted molar refractivity (Wildman–Crippen MR) is 71.2 cm³/mol. The molecule has 0 heterocycles. The third kappa shape index (κ3) is 4.53. The van der Waals surface area contributed by atoms with Crippen LogP contribution in [-0.4, -0.2) is 34.4 Å². The Morgan fingerprint density at radius 1 is 1.06 bits per heavy atom. The van der Waals surface area contributed by atoms with E-state index in [1.54, 1.807) is 14.2 Å². The smallest absolute Gasteiger partial charge is 0.145 e. The number of nitrogens with one attached hydrogen (secondary N) is 2. The van der Waals surface area contributed by atoms with E-state index in [9.17, 15) is 0 Å². The lowest BCUT2D eigenvalue weighted by Crippen LogP contribution is -2.10. The summed E-state index contributed by atoms with van der Waals surface area (Å²) in [5.41, 5.74) is 1.01. The lowest BCUT2D eigenvalue weighted by molar-refractivity contribution is 0.395. The quantitative estimate of drug-likeness (QED) is 0.681. The van der Waals surface area contributed by atoms with Crippen molar-refractivity contribution in [3.63, 3.8) is 0 Å². The highest BCUT2D eigenvalue weighted by atomic mass is 16.5. The zero-order chi connectivity index (χ0) is 12.5. The normalized spacial score (nSPS) is 10.1. The van der Waals surface area contributed by atoms with Gasteiger partial charge in [0.05, 0.1) is 19.9 Å². The summed E-state index contributed by atoms with van der Waals surface area (Å²) in [5.74, 6) is 1.63. The molecule has 0 saturated heterocycles. The molecule has 4 nitrogen and oxygen atoms in total. The largest absolute Gasteiger partial charge is 0.497 e. The first-order valence-corrected chi connectivity index (χ1v) is 5.92. The zero-order valence-corrected chi connectivity index (χ0v) is 10.9. The monoisotopic (exact) mass is 238 g/mol. The van der Waals surface area contributed by atoms with Crippen LogP contribution in [0.2, 0.25) is 0 Å². The van der Waals surface area contributed by atoms with E-state index in [1.807, 2.05) is 25.2 Å². The van der Waals surface area contributed by atoms with E-state index in [1.165, 1.54) is 6.42 Å². The van der Waals surface area contributed by atoms with Crippen molar-refractivity contribution in [2.45, 2.75) is 12.8 Å². The minimum absolute atomic E-state index is 0.808. The number of anilines is 1. The molecule has 0 bridgehead atoms. The van der Waals surface area contributed by atoms with Gasteiger partial charge in [-0.1, -0.05) is 0 Å². The Kier molecular flexibility index (Phi) is 6.25. The van der Waals surface area contributed by atoms with Crippen molar-refractivity contribution in [1.82, 2.24) is 5.32 Å². The van der Waals surface area contributed by atoms with Crippen molar-refractivity contribution in [2.24, 2.45) is 0 Å². The maximum atomic E-state index is 5.31. The van der Waals surface area contributed by atoms with Crippen molar-refractivity contribution in [2.75, 3.05) is 39.7 Å². The third-order valence-electron chi connectivity index (χ3n) is 2.58. The molecule has 0 spiro atoms. The number of hydrogen-bond donors (Lipinski definition) is 2. The molecule has 0 amide bonds. The Hall–Kier alpha value is -1.42. The minimum Gasteiger partial charge on any atom is -0.497 e. The fourth-order valence-electron chi connectivity index (χ4n) is 1.59. The van der Waals surface area contributed by atoms with Crippen molar-refractivity contribution in [3.05, 3.63) is 18.2 Å². The summed E-state index contributed by atoms with van der Waals surface area (Å²) in [4.78, 5) is 0. The average Bonchev–Trinajstić information content (AvgIpc) is 2.38. The van der Waals surface area contributed by atoms with Crippen LogP contribution in [0.5, 0.6) is 11.5 Å². The molecule has 0 aliphatic rings. The third-order valence-corrected chi connectivity index (χ3v) is 2.58. The Balaban J connectivity index is 2.46. The van der Waals surface area contributed by atoms with Crippen LogP contribution in [0.4, 0.5) is 5.69 Å². The SMILES string of the molecule is CNCCCCNc1ccc(OC)cc1OC. The van der Waals surface area contributed by atoms with Gasteiger partial charge in [-0.3, -0.25) is 0 Å². The highest BCUT2D eigenvalue weighted by Crippen LogP contribution is 2.28. The maximum Gasteiger partial charge on any atom is 0.145 e. The molecule has 1 aromatic carbocycles. The topological polar surface area (TPSA) is 42.5 Å². The molecule has 1 rings (SSSR count). The summed E-state index contributed by atoms with van der Waals surface area (Å²) in [6, 6.07) is 5.80. The molecule has 0 aliphatic carbocycles. The molecular weight excluding hydrogens is 216 g/mol. The van der Waals surface area contributed by atoms with E-state index in [0.717, 1.165) is 36.7 Å². The number of methoxy groups -OCH3 is 2. The lowest BCUT2D eigenvalue weighted by Gasteiger charge is -2.12. The summed E-state index contributed by atoms with van der Waals surface area (Å²) in [7, 11) is 5.29. The molecule has 0 saturated carbocycles. The van der Waals surface area contributed by atoms with E-state index < -0.39 is 0 Å². The van der Waals surface area contributed by atoms with Crippen LogP contribution >= 0.6 is 0 Å². The molecule has 96 valence electrons. The molecule has 0 unspecified atom stereocenters. The molecule has 0 atom stereocenters. The van der Waals surface area contributed by atoms with Gasteiger partial charge in [0.1, 0.15) is 11.5 Å². The first kappa shape index (κ1) is 13.6. The molecular formula is C13H22N2O2. The van der Waals surface area contributed by atoms with E-state index in [2.05, 4.69) is 10.6 Å². The molecule has 0 aliphatic heterocycles. The number of hydrogen-bond acceptors (Lipinski definition) is 4. The summed E-state index contributed by atoms with van der Waals surface area (Å²) in [6.07, 6.45) is 2.30. The van der Waals surface area contributed by atoms with Crippen LogP contribution in [0.3, 0.4) is 0 Å². The Morgan fingerprint density at radius 3 is 2.47 bits per heavy atom. The zero-order valence-electron chi connectivity index (χ0n) is 10.9. The van der Waals surface area contributed by atoms with Gasteiger partial charge in [-0.05, 0) is 38.6 Å². The summed E-state index contributed by atoms with van der Waals surface area (Å²) < 4.78 is 10.5. The standard InChI is InChI=1S/C13H22N2O2/c1-14-8-4-5-9-15-12-7-6-11(16-2)10-13(12)17-3/h6-7,10,14-15H,4-5,8-9H2,1-3H3. The highest BCUT2D eigenvalue weighted by molar-refractivity contribution is 5.59. The molecule has 4 heteroatoms. The van der Waals surface area contributed by atoms with Crippen molar-refractivity contribution in [1.29, 1.82) is 0 Å². The van der Waals surface area contributed by atoms with Gasteiger partial charge in [-0.15, -0.1) is 0 Å². The van der Waals surface area contributed by atoms with Gasteiger partial charge in [-0.2, -0.15) is 0 Å². The van der Waals surface area contributed by atoms with Crippen LogP contribution in [0.1, 0.15) is 12.8 Å².